The highest BCUT2D eigenvalue weighted by Gasteiger charge is 2.15. The molecule has 0 unspecified atom stereocenters. The summed E-state index contributed by atoms with van der Waals surface area (Å²) in [6.07, 6.45) is 0. The van der Waals surface area contributed by atoms with Crippen molar-refractivity contribution in [2.75, 3.05) is 67.7 Å². The first-order valence-electron chi connectivity index (χ1n) is 9.16. The molecule has 1 aromatic carbocycles. The van der Waals surface area contributed by atoms with Crippen LogP contribution in [0, 0.1) is 6.92 Å². The Labute approximate surface area is 153 Å². The predicted molar refractivity (Wildman–Crippen MR) is 103 cm³/mol. The summed E-state index contributed by atoms with van der Waals surface area (Å²) in [4.78, 5) is 13.8. The lowest BCUT2D eigenvalue weighted by molar-refractivity contribution is 0.122. The fraction of sp³-hybridized carbons (Fsp3) is 0.474. The van der Waals surface area contributed by atoms with Gasteiger partial charge in [0.2, 0.25) is 5.95 Å². The number of hydrogen-bond donors (Lipinski definition) is 1. The molecule has 1 N–H and O–H groups in total. The molecule has 1 aromatic heterocycles. The molecule has 2 aliphatic heterocycles. The van der Waals surface area contributed by atoms with E-state index in [1.54, 1.807) is 0 Å². The van der Waals surface area contributed by atoms with E-state index in [9.17, 15) is 0 Å². The fourth-order valence-electron chi connectivity index (χ4n) is 3.25. The number of anilines is 4. The average Bonchev–Trinajstić information content (AvgIpc) is 2.69. The van der Waals surface area contributed by atoms with E-state index in [1.165, 1.54) is 5.69 Å². The standard InChI is InChI=1S/C19H25N5O2/c1-15-14-18(22-19(20-15)24-8-12-26-13-9-24)21-16-2-4-17(5-3-16)23-6-10-25-11-7-23/h2-5,14H,6-13H2,1H3,(H,20,21,22). The van der Waals surface area contributed by atoms with Gasteiger partial charge >= 0.3 is 0 Å². The van der Waals surface area contributed by atoms with Gasteiger partial charge in [0.25, 0.3) is 0 Å². The van der Waals surface area contributed by atoms with Crippen LogP contribution in [0.2, 0.25) is 0 Å². The van der Waals surface area contributed by atoms with Gasteiger partial charge in [-0.15, -0.1) is 0 Å². The molecule has 3 heterocycles. The van der Waals surface area contributed by atoms with Gasteiger partial charge in [0.15, 0.2) is 0 Å². The van der Waals surface area contributed by atoms with Gasteiger partial charge in [0, 0.05) is 49.3 Å². The Hall–Kier alpha value is -2.38. The fourth-order valence-corrected chi connectivity index (χ4v) is 3.25. The molecule has 0 saturated carbocycles. The van der Waals surface area contributed by atoms with Gasteiger partial charge in [-0.25, -0.2) is 4.98 Å². The summed E-state index contributed by atoms with van der Waals surface area (Å²) in [6, 6.07) is 10.4. The number of nitrogens with zero attached hydrogens (tertiary/aromatic N) is 4. The van der Waals surface area contributed by atoms with Crippen molar-refractivity contribution in [2.45, 2.75) is 6.92 Å². The first-order valence-corrected chi connectivity index (χ1v) is 9.16. The average molecular weight is 355 g/mol. The molecule has 0 radical (unpaired) electrons. The highest BCUT2D eigenvalue weighted by Crippen LogP contribution is 2.23. The van der Waals surface area contributed by atoms with Crippen LogP contribution in [0.5, 0.6) is 0 Å². The zero-order valence-electron chi connectivity index (χ0n) is 15.1. The molecule has 0 atom stereocenters. The second-order valence-electron chi connectivity index (χ2n) is 6.57. The molecule has 0 bridgehead atoms. The number of ether oxygens (including phenoxy) is 2. The topological polar surface area (TPSA) is 62.8 Å². The third-order valence-corrected chi connectivity index (χ3v) is 4.65. The van der Waals surface area contributed by atoms with Crippen molar-refractivity contribution >= 4 is 23.1 Å². The van der Waals surface area contributed by atoms with Crippen molar-refractivity contribution in [3.8, 4) is 0 Å². The molecule has 4 rings (SSSR count). The van der Waals surface area contributed by atoms with Gasteiger partial charge in [0.05, 0.1) is 26.4 Å². The number of benzene rings is 1. The monoisotopic (exact) mass is 355 g/mol. The minimum atomic E-state index is 0.725. The summed E-state index contributed by atoms with van der Waals surface area (Å²) in [5, 5.41) is 3.40. The van der Waals surface area contributed by atoms with E-state index in [0.717, 1.165) is 75.8 Å². The highest BCUT2D eigenvalue weighted by molar-refractivity contribution is 5.62. The third-order valence-electron chi connectivity index (χ3n) is 4.65. The molecule has 7 heteroatoms. The lowest BCUT2D eigenvalue weighted by Gasteiger charge is -2.29. The van der Waals surface area contributed by atoms with Crippen LogP contribution < -0.4 is 15.1 Å². The van der Waals surface area contributed by atoms with E-state index < -0.39 is 0 Å². The number of hydrogen-bond acceptors (Lipinski definition) is 7. The molecule has 2 aliphatic rings. The van der Waals surface area contributed by atoms with E-state index in [1.807, 2.05) is 13.0 Å². The van der Waals surface area contributed by atoms with Crippen molar-refractivity contribution in [3.05, 3.63) is 36.0 Å². The minimum Gasteiger partial charge on any atom is -0.378 e. The van der Waals surface area contributed by atoms with Gasteiger partial charge in [0.1, 0.15) is 5.82 Å². The Morgan fingerprint density at radius 2 is 1.46 bits per heavy atom. The lowest BCUT2D eigenvalue weighted by atomic mass is 10.2. The quantitative estimate of drug-likeness (QED) is 0.902. The molecule has 7 nitrogen and oxygen atoms in total. The van der Waals surface area contributed by atoms with Crippen molar-refractivity contribution in [2.24, 2.45) is 0 Å². The number of morpholine rings is 2. The summed E-state index contributed by atoms with van der Waals surface area (Å²) in [6.45, 7) is 8.59. The van der Waals surface area contributed by atoms with Crippen LogP contribution in [0.15, 0.2) is 30.3 Å². The Kier molecular flexibility index (Phi) is 5.17. The molecule has 138 valence electrons. The maximum atomic E-state index is 5.42. The second kappa shape index (κ2) is 7.88. The normalized spacial score (nSPS) is 18.0. The predicted octanol–water partition coefficient (Wildman–Crippen LogP) is 2.20. The van der Waals surface area contributed by atoms with Crippen LogP contribution in [0.1, 0.15) is 5.69 Å². The molecule has 2 aromatic rings. The first kappa shape index (κ1) is 17.1. The lowest BCUT2D eigenvalue weighted by Crippen LogP contribution is -2.37. The summed E-state index contributed by atoms with van der Waals surface area (Å²) >= 11 is 0. The number of nitrogens with one attached hydrogen (secondary N) is 1. The molecule has 0 spiro atoms. The van der Waals surface area contributed by atoms with E-state index in [-0.39, 0.29) is 0 Å². The maximum absolute atomic E-state index is 5.42. The van der Waals surface area contributed by atoms with Crippen LogP contribution >= 0.6 is 0 Å². The van der Waals surface area contributed by atoms with E-state index in [4.69, 9.17) is 9.47 Å². The molecule has 0 aliphatic carbocycles. The molecule has 2 saturated heterocycles. The maximum Gasteiger partial charge on any atom is 0.227 e. The van der Waals surface area contributed by atoms with Crippen LogP contribution in [0.4, 0.5) is 23.1 Å². The summed E-state index contributed by atoms with van der Waals surface area (Å²) in [7, 11) is 0. The molecular weight excluding hydrogens is 330 g/mol. The summed E-state index contributed by atoms with van der Waals surface area (Å²) < 4.78 is 10.8. The Morgan fingerprint density at radius 1 is 0.846 bits per heavy atom. The molecule has 26 heavy (non-hydrogen) atoms. The highest BCUT2D eigenvalue weighted by atomic mass is 16.5. The SMILES string of the molecule is Cc1cc(Nc2ccc(N3CCOCC3)cc2)nc(N2CCOCC2)n1. The number of rotatable bonds is 4. The van der Waals surface area contributed by atoms with E-state index in [0.29, 0.717) is 0 Å². The zero-order chi connectivity index (χ0) is 17.8. The number of aryl methyl sites for hydroxylation is 1. The first-order chi connectivity index (χ1) is 12.8. The molecule has 0 amide bonds. The van der Waals surface area contributed by atoms with Crippen LogP contribution in [0.25, 0.3) is 0 Å². The smallest absolute Gasteiger partial charge is 0.227 e. The zero-order valence-corrected chi connectivity index (χ0v) is 15.1. The van der Waals surface area contributed by atoms with Gasteiger partial charge in [-0.05, 0) is 31.2 Å². The van der Waals surface area contributed by atoms with Crippen molar-refractivity contribution < 1.29 is 9.47 Å². The summed E-state index contributed by atoms with van der Waals surface area (Å²) in [5.74, 6) is 1.58. The summed E-state index contributed by atoms with van der Waals surface area (Å²) in [5.41, 5.74) is 3.20. The Morgan fingerprint density at radius 3 is 2.12 bits per heavy atom. The van der Waals surface area contributed by atoms with Crippen LogP contribution in [0.3, 0.4) is 0 Å². The Bertz CT molecular complexity index is 725. The van der Waals surface area contributed by atoms with E-state index in [2.05, 4.69) is 49.4 Å². The van der Waals surface area contributed by atoms with Gasteiger partial charge in [-0.1, -0.05) is 0 Å². The van der Waals surface area contributed by atoms with Gasteiger partial charge < -0.3 is 24.6 Å². The van der Waals surface area contributed by atoms with Crippen molar-refractivity contribution in [3.63, 3.8) is 0 Å². The van der Waals surface area contributed by atoms with Crippen LogP contribution in [-0.4, -0.2) is 62.6 Å². The van der Waals surface area contributed by atoms with Crippen LogP contribution in [-0.2, 0) is 9.47 Å². The van der Waals surface area contributed by atoms with E-state index >= 15 is 0 Å². The molecule has 2 fully saturated rings. The largest absolute Gasteiger partial charge is 0.378 e. The number of aromatic nitrogens is 2. The minimum absolute atomic E-state index is 0.725. The van der Waals surface area contributed by atoms with Crippen molar-refractivity contribution in [1.29, 1.82) is 0 Å². The van der Waals surface area contributed by atoms with Crippen molar-refractivity contribution in [1.82, 2.24) is 9.97 Å². The third kappa shape index (κ3) is 4.05. The second-order valence-corrected chi connectivity index (χ2v) is 6.57. The van der Waals surface area contributed by atoms with Gasteiger partial charge in [-0.2, -0.15) is 4.98 Å². The molecular formula is C19H25N5O2. The Balaban J connectivity index is 1.47. The van der Waals surface area contributed by atoms with Gasteiger partial charge in [-0.3, -0.25) is 0 Å².